The molecule has 144 valence electrons. The molecule has 1 aliphatic heterocycles. The Morgan fingerprint density at radius 3 is 2.89 bits per heavy atom. The number of thiazole rings is 1. The lowest BCUT2D eigenvalue weighted by molar-refractivity contribution is -0.122. The highest BCUT2D eigenvalue weighted by Gasteiger charge is 2.29. The molecule has 2 aromatic heterocycles. The van der Waals surface area contributed by atoms with Crippen LogP contribution in [0.25, 0.3) is 10.6 Å². The molecule has 3 heterocycles. The van der Waals surface area contributed by atoms with Gasteiger partial charge in [-0.15, -0.1) is 11.3 Å². The molecule has 0 saturated carbocycles. The number of carbonyl (C=O) groups is 2. The fourth-order valence-electron chi connectivity index (χ4n) is 3.43. The number of anilines is 1. The normalized spacial score (nSPS) is 15.9. The maximum atomic E-state index is 12.8. The van der Waals surface area contributed by atoms with Crippen molar-refractivity contribution in [2.45, 2.75) is 32.7 Å². The summed E-state index contributed by atoms with van der Waals surface area (Å²) in [5, 5.41) is 4.75. The van der Waals surface area contributed by atoms with Crippen LogP contribution in [-0.4, -0.2) is 29.5 Å². The van der Waals surface area contributed by atoms with Crippen LogP contribution < -0.4 is 4.90 Å². The van der Waals surface area contributed by atoms with Crippen molar-refractivity contribution in [1.82, 2.24) is 4.98 Å². The number of fused-ring (bicyclic) bond motifs is 1. The van der Waals surface area contributed by atoms with E-state index in [0.717, 1.165) is 34.7 Å². The van der Waals surface area contributed by atoms with Gasteiger partial charge in [-0.2, -0.15) is 11.3 Å². The van der Waals surface area contributed by atoms with Crippen LogP contribution in [0.5, 0.6) is 0 Å². The number of hydrogen-bond donors (Lipinski definition) is 0. The molecule has 0 aliphatic carbocycles. The molecule has 28 heavy (non-hydrogen) atoms. The summed E-state index contributed by atoms with van der Waals surface area (Å²) in [5.41, 5.74) is 3.68. The van der Waals surface area contributed by atoms with Gasteiger partial charge in [-0.25, -0.2) is 9.78 Å². The van der Waals surface area contributed by atoms with Gasteiger partial charge in [-0.1, -0.05) is 18.2 Å². The summed E-state index contributed by atoms with van der Waals surface area (Å²) < 4.78 is 5.36. The number of aryl methyl sites for hydroxylation is 2. The van der Waals surface area contributed by atoms with Crippen LogP contribution in [0.3, 0.4) is 0 Å². The van der Waals surface area contributed by atoms with Crippen LogP contribution in [0, 0.1) is 6.92 Å². The zero-order valence-corrected chi connectivity index (χ0v) is 17.3. The molecule has 1 amide bonds. The van der Waals surface area contributed by atoms with Crippen molar-refractivity contribution in [2.75, 3.05) is 11.5 Å². The van der Waals surface area contributed by atoms with Gasteiger partial charge in [-0.3, -0.25) is 4.79 Å². The molecule has 0 radical (unpaired) electrons. The van der Waals surface area contributed by atoms with E-state index in [0.29, 0.717) is 10.6 Å². The van der Waals surface area contributed by atoms with E-state index in [-0.39, 0.29) is 18.6 Å². The number of amides is 1. The lowest BCUT2D eigenvalue weighted by atomic mass is 9.96. The van der Waals surface area contributed by atoms with Crippen LogP contribution in [0.15, 0.2) is 41.1 Å². The SMILES string of the molecule is Cc1nc(-c2ccsc2)sc1C(=O)OCC(=O)N1c2ccccc2CCC1C. The Morgan fingerprint density at radius 1 is 1.29 bits per heavy atom. The predicted molar refractivity (Wildman–Crippen MR) is 112 cm³/mol. The molecule has 5 nitrogen and oxygen atoms in total. The standard InChI is InChI=1S/C21H20N2O3S2/c1-13-7-8-15-5-3-4-6-17(15)23(13)18(24)11-26-21(25)19-14(2)22-20(28-19)16-9-10-27-12-16/h3-6,9-10,12-13H,7-8,11H2,1-2H3. The highest BCUT2D eigenvalue weighted by Crippen LogP contribution is 2.31. The number of esters is 1. The summed E-state index contributed by atoms with van der Waals surface area (Å²) in [5.74, 6) is -0.698. The number of nitrogens with zero attached hydrogens (tertiary/aromatic N) is 2. The summed E-state index contributed by atoms with van der Waals surface area (Å²) in [6, 6.07) is 9.95. The lowest BCUT2D eigenvalue weighted by Crippen LogP contribution is -2.44. The number of carbonyl (C=O) groups excluding carboxylic acids is 2. The smallest absolute Gasteiger partial charge is 0.350 e. The van der Waals surface area contributed by atoms with Gasteiger partial charge in [0, 0.05) is 22.7 Å². The Hall–Kier alpha value is -2.51. The number of para-hydroxylation sites is 1. The first-order valence-corrected chi connectivity index (χ1v) is 10.9. The second kappa shape index (κ2) is 7.85. The van der Waals surface area contributed by atoms with Crippen LogP contribution in [0.1, 0.15) is 34.3 Å². The van der Waals surface area contributed by atoms with Crippen LogP contribution in [0.4, 0.5) is 5.69 Å². The molecule has 1 aliphatic rings. The van der Waals surface area contributed by atoms with E-state index >= 15 is 0 Å². The Labute approximate surface area is 171 Å². The van der Waals surface area contributed by atoms with E-state index in [9.17, 15) is 9.59 Å². The largest absolute Gasteiger partial charge is 0.451 e. The molecule has 0 spiro atoms. The van der Waals surface area contributed by atoms with Crippen molar-refractivity contribution in [3.05, 3.63) is 57.2 Å². The minimum Gasteiger partial charge on any atom is -0.451 e. The van der Waals surface area contributed by atoms with Gasteiger partial charge >= 0.3 is 5.97 Å². The molecule has 3 aromatic rings. The average molecular weight is 413 g/mol. The average Bonchev–Trinajstić information content (AvgIpc) is 3.35. The molecule has 4 rings (SSSR count). The van der Waals surface area contributed by atoms with E-state index < -0.39 is 5.97 Å². The Kier molecular flexibility index (Phi) is 5.28. The quantitative estimate of drug-likeness (QED) is 0.583. The third kappa shape index (κ3) is 3.59. The number of aromatic nitrogens is 1. The summed E-state index contributed by atoms with van der Waals surface area (Å²) in [6.07, 6.45) is 1.85. The van der Waals surface area contributed by atoms with Gasteiger partial charge in [-0.05, 0) is 49.8 Å². The van der Waals surface area contributed by atoms with E-state index in [2.05, 4.69) is 4.98 Å². The molecule has 0 N–H and O–H groups in total. The van der Waals surface area contributed by atoms with Crippen LogP contribution in [-0.2, 0) is 16.0 Å². The molecular formula is C21H20N2O3S2. The number of benzene rings is 1. The fraction of sp³-hybridized carbons (Fsp3) is 0.286. The van der Waals surface area contributed by atoms with Gasteiger partial charge in [0.2, 0.25) is 0 Å². The topological polar surface area (TPSA) is 59.5 Å². The number of rotatable bonds is 4. The summed E-state index contributed by atoms with van der Waals surface area (Å²) in [6.45, 7) is 3.53. The second-order valence-corrected chi connectivity index (χ2v) is 8.58. The first kappa shape index (κ1) is 18.8. The number of ether oxygens (including phenoxy) is 1. The zero-order valence-electron chi connectivity index (χ0n) is 15.7. The first-order chi connectivity index (χ1) is 13.5. The van der Waals surface area contributed by atoms with Crippen molar-refractivity contribution in [1.29, 1.82) is 0 Å². The van der Waals surface area contributed by atoms with E-state index in [1.165, 1.54) is 11.3 Å². The van der Waals surface area contributed by atoms with Gasteiger partial charge in [0.15, 0.2) is 6.61 Å². The zero-order chi connectivity index (χ0) is 19.7. The minimum absolute atomic E-state index is 0.0800. The fourth-order valence-corrected chi connectivity index (χ4v) is 5.10. The number of thiophene rings is 1. The molecule has 1 unspecified atom stereocenters. The van der Waals surface area contributed by atoms with Crippen LogP contribution in [0.2, 0.25) is 0 Å². The molecule has 0 bridgehead atoms. The highest BCUT2D eigenvalue weighted by atomic mass is 32.1. The summed E-state index contributed by atoms with van der Waals surface area (Å²) in [4.78, 5) is 32.0. The van der Waals surface area contributed by atoms with Crippen molar-refractivity contribution in [3.8, 4) is 10.6 Å². The van der Waals surface area contributed by atoms with Crippen molar-refractivity contribution in [2.24, 2.45) is 0 Å². The van der Waals surface area contributed by atoms with Gasteiger partial charge in [0.25, 0.3) is 5.91 Å². The van der Waals surface area contributed by atoms with Crippen molar-refractivity contribution in [3.63, 3.8) is 0 Å². The van der Waals surface area contributed by atoms with E-state index in [4.69, 9.17) is 4.74 Å². The molecule has 0 fully saturated rings. The van der Waals surface area contributed by atoms with E-state index in [1.807, 2.05) is 48.0 Å². The van der Waals surface area contributed by atoms with Gasteiger partial charge < -0.3 is 9.64 Å². The lowest BCUT2D eigenvalue weighted by Gasteiger charge is -2.35. The monoisotopic (exact) mass is 412 g/mol. The second-order valence-electron chi connectivity index (χ2n) is 6.80. The highest BCUT2D eigenvalue weighted by molar-refractivity contribution is 7.17. The van der Waals surface area contributed by atoms with Crippen molar-refractivity contribution >= 4 is 40.2 Å². The molecule has 7 heteroatoms. The maximum Gasteiger partial charge on any atom is 0.350 e. The Bertz CT molecular complexity index is 1010. The maximum absolute atomic E-state index is 12.8. The Morgan fingerprint density at radius 2 is 2.11 bits per heavy atom. The van der Waals surface area contributed by atoms with Gasteiger partial charge in [0.1, 0.15) is 9.88 Å². The van der Waals surface area contributed by atoms with Crippen molar-refractivity contribution < 1.29 is 14.3 Å². The predicted octanol–water partition coefficient (Wildman–Crippen LogP) is 4.70. The summed E-state index contributed by atoms with van der Waals surface area (Å²) in [7, 11) is 0. The van der Waals surface area contributed by atoms with E-state index in [1.54, 1.807) is 23.2 Å². The molecular weight excluding hydrogens is 392 g/mol. The minimum atomic E-state index is -0.497. The van der Waals surface area contributed by atoms with Gasteiger partial charge in [0.05, 0.1) is 5.69 Å². The third-order valence-electron chi connectivity index (χ3n) is 4.87. The molecule has 1 aromatic carbocycles. The summed E-state index contributed by atoms with van der Waals surface area (Å²) >= 11 is 2.88. The third-order valence-corrected chi connectivity index (χ3v) is 6.74. The molecule has 0 saturated heterocycles. The molecule has 1 atom stereocenters. The Balaban J connectivity index is 1.46. The first-order valence-electron chi connectivity index (χ1n) is 9.11. The number of hydrogen-bond acceptors (Lipinski definition) is 6. The van der Waals surface area contributed by atoms with Crippen LogP contribution >= 0.6 is 22.7 Å².